The number of nitrogens with one attached hydrogen (secondary N) is 2. The van der Waals surface area contributed by atoms with Crippen LogP contribution in [0.1, 0.15) is 24.8 Å². The van der Waals surface area contributed by atoms with Crippen LogP contribution in [0.3, 0.4) is 0 Å². The third kappa shape index (κ3) is 8.39. The second-order valence-corrected chi connectivity index (χ2v) is 7.66. The molecule has 158 valence electrons. The molecule has 1 heterocycles. The van der Waals surface area contributed by atoms with E-state index in [0.717, 1.165) is 30.7 Å². The Morgan fingerprint density at radius 1 is 1.32 bits per heavy atom. The maximum atomic E-state index is 12.9. The van der Waals surface area contributed by atoms with Crippen molar-refractivity contribution in [2.24, 2.45) is 0 Å². The SMILES string of the molecule is COC(=O)[C@H](CCSC)NC(=O)C(Cc1ccccc1)OC[C@@H]1CCCN1.Cl. The number of carbonyl (C=O) groups is 2. The molecule has 6 nitrogen and oxygen atoms in total. The lowest BCUT2D eigenvalue weighted by Gasteiger charge is -2.23. The molecule has 1 saturated heterocycles. The van der Waals surface area contributed by atoms with Gasteiger partial charge in [0, 0.05) is 12.5 Å². The number of amides is 1. The lowest BCUT2D eigenvalue weighted by Crippen LogP contribution is -2.48. The minimum absolute atomic E-state index is 0. The van der Waals surface area contributed by atoms with Crippen molar-refractivity contribution >= 4 is 36.0 Å². The van der Waals surface area contributed by atoms with Crippen LogP contribution in [0.2, 0.25) is 0 Å². The summed E-state index contributed by atoms with van der Waals surface area (Å²) in [6.07, 6.45) is 4.50. The van der Waals surface area contributed by atoms with Gasteiger partial charge in [-0.15, -0.1) is 12.4 Å². The van der Waals surface area contributed by atoms with Crippen LogP contribution >= 0.6 is 24.2 Å². The standard InChI is InChI=1S/C20H30N2O4S.ClH/c1-25-20(24)17(10-12-27-2)22-19(23)18(13-15-7-4-3-5-8-15)26-14-16-9-6-11-21-16;/h3-5,7-8,16-18,21H,6,9-14H2,1-2H3,(H,22,23);1H/t16-,17-,18?;/m0./s1. The van der Waals surface area contributed by atoms with E-state index in [-0.39, 0.29) is 24.4 Å². The van der Waals surface area contributed by atoms with Gasteiger partial charge in [0.15, 0.2) is 0 Å². The molecule has 0 spiro atoms. The fraction of sp³-hybridized carbons (Fsp3) is 0.600. The summed E-state index contributed by atoms with van der Waals surface area (Å²) in [5, 5.41) is 6.20. The molecule has 0 aromatic heterocycles. The maximum absolute atomic E-state index is 12.9. The van der Waals surface area contributed by atoms with E-state index in [1.165, 1.54) is 7.11 Å². The Morgan fingerprint density at radius 3 is 2.68 bits per heavy atom. The Morgan fingerprint density at radius 2 is 2.07 bits per heavy atom. The van der Waals surface area contributed by atoms with Crippen LogP contribution < -0.4 is 10.6 Å². The normalized spacial score (nSPS) is 18.0. The van der Waals surface area contributed by atoms with Crippen molar-refractivity contribution in [1.29, 1.82) is 0 Å². The summed E-state index contributed by atoms with van der Waals surface area (Å²) >= 11 is 1.62. The summed E-state index contributed by atoms with van der Waals surface area (Å²) in [7, 11) is 1.34. The first-order valence-electron chi connectivity index (χ1n) is 9.40. The molecule has 8 heteroatoms. The monoisotopic (exact) mass is 430 g/mol. The van der Waals surface area contributed by atoms with Crippen LogP contribution in [0.5, 0.6) is 0 Å². The van der Waals surface area contributed by atoms with Crippen molar-refractivity contribution in [2.75, 3.05) is 32.3 Å². The minimum atomic E-state index is -0.651. The number of halogens is 1. The average Bonchev–Trinajstić information content (AvgIpc) is 3.21. The molecular formula is C20H31ClN2O4S. The van der Waals surface area contributed by atoms with Gasteiger partial charge in [0.2, 0.25) is 5.91 Å². The fourth-order valence-electron chi connectivity index (χ4n) is 3.08. The number of ether oxygens (including phenoxy) is 2. The molecule has 1 fully saturated rings. The Bertz CT molecular complexity index is 585. The van der Waals surface area contributed by atoms with Crippen LogP contribution in [0.15, 0.2) is 30.3 Å². The summed E-state index contributed by atoms with van der Waals surface area (Å²) in [6.45, 7) is 1.47. The summed E-state index contributed by atoms with van der Waals surface area (Å²) in [4.78, 5) is 24.9. The number of benzene rings is 1. The first kappa shape index (κ1) is 24.8. The van der Waals surface area contributed by atoms with E-state index in [9.17, 15) is 9.59 Å². The lowest BCUT2D eigenvalue weighted by atomic mass is 10.1. The van der Waals surface area contributed by atoms with Crippen molar-refractivity contribution in [3.63, 3.8) is 0 Å². The predicted molar refractivity (Wildman–Crippen MR) is 115 cm³/mol. The van der Waals surface area contributed by atoms with Crippen molar-refractivity contribution in [1.82, 2.24) is 10.6 Å². The third-order valence-electron chi connectivity index (χ3n) is 4.63. The molecule has 2 rings (SSSR count). The fourth-order valence-corrected chi connectivity index (χ4v) is 3.55. The van der Waals surface area contributed by atoms with Gasteiger partial charge < -0.3 is 20.1 Å². The molecule has 0 saturated carbocycles. The minimum Gasteiger partial charge on any atom is -0.467 e. The largest absolute Gasteiger partial charge is 0.467 e. The van der Waals surface area contributed by atoms with E-state index in [0.29, 0.717) is 19.4 Å². The van der Waals surface area contributed by atoms with Crippen LogP contribution in [0, 0.1) is 0 Å². The van der Waals surface area contributed by atoms with Crippen LogP contribution in [-0.4, -0.2) is 62.3 Å². The van der Waals surface area contributed by atoms with E-state index in [4.69, 9.17) is 9.47 Å². The smallest absolute Gasteiger partial charge is 0.328 e. The molecule has 0 aliphatic carbocycles. The van der Waals surface area contributed by atoms with E-state index in [1.54, 1.807) is 11.8 Å². The summed E-state index contributed by atoms with van der Waals surface area (Å²) < 4.78 is 10.8. The molecule has 1 aliphatic rings. The summed E-state index contributed by atoms with van der Waals surface area (Å²) in [5.74, 6) is 0.0673. The molecule has 1 aromatic carbocycles. The highest BCUT2D eigenvalue weighted by molar-refractivity contribution is 7.98. The van der Waals surface area contributed by atoms with Gasteiger partial charge in [-0.25, -0.2) is 4.79 Å². The number of hydrogen-bond donors (Lipinski definition) is 2. The van der Waals surface area contributed by atoms with Gasteiger partial charge >= 0.3 is 5.97 Å². The van der Waals surface area contributed by atoms with Gasteiger partial charge in [0.1, 0.15) is 12.1 Å². The Kier molecular flexibility index (Phi) is 12.2. The second kappa shape index (κ2) is 13.8. The molecule has 0 radical (unpaired) electrons. The van der Waals surface area contributed by atoms with Crippen molar-refractivity contribution in [2.45, 2.75) is 43.9 Å². The quantitative estimate of drug-likeness (QED) is 0.524. The molecule has 1 amide bonds. The van der Waals surface area contributed by atoms with Gasteiger partial charge in [-0.05, 0) is 43.4 Å². The van der Waals surface area contributed by atoms with Crippen molar-refractivity contribution in [3.05, 3.63) is 35.9 Å². The Labute approximate surface area is 177 Å². The topological polar surface area (TPSA) is 76.7 Å². The molecule has 28 heavy (non-hydrogen) atoms. The van der Waals surface area contributed by atoms with Crippen LogP contribution in [0.4, 0.5) is 0 Å². The van der Waals surface area contributed by atoms with Gasteiger partial charge in [-0.1, -0.05) is 30.3 Å². The van der Waals surface area contributed by atoms with Crippen molar-refractivity contribution < 1.29 is 19.1 Å². The second-order valence-electron chi connectivity index (χ2n) is 6.67. The van der Waals surface area contributed by atoms with Crippen LogP contribution in [-0.2, 0) is 25.5 Å². The lowest BCUT2D eigenvalue weighted by molar-refractivity contribution is -0.147. The number of methoxy groups -OCH3 is 1. The molecule has 0 bridgehead atoms. The Balaban J connectivity index is 0.00000392. The summed E-state index contributed by atoms with van der Waals surface area (Å²) in [6, 6.07) is 9.41. The zero-order chi connectivity index (χ0) is 19.5. The molecule has 2 N–H and O–H groups in total. The number of carbonyl (C=O) groups excluding carboxylic acids is 2. The van der Waals surface area contributed by atoms with Gasteiger partial charge in [0.25, 0.3) is 0 Å². The highest BCUT2D eigenvalue weighted by atomic mass is 35.5. The number of hydrogen-bond acceptors (Lipinski definition) is 6. The van der Waals surface area contributed by atoms with Crippen LogP contribution in [0.25, 0.3) is 0 Å². The first-order chi connectivity index (χ1) is 13.1. The number of esters is 1. The van der Waals surface area contributed by atoms with Crippen molar-refractivity contribution in [3.8, 4) is 0 Å². The third-order valence-corrected chi connectivity index (χ3v) is 5.27. The molecular weight excluding hydrogens is 400 g/mol. The summed E-state index contributed by atoms with van der Waals surface area (Å²) in [5.41, 5.74) is 1.02. The van der Waals surface area contributed by atoms with Gasteiger partial charge in [-0.2, -0.15) is 11.8 Å². The number of rotatable bonds is 11. The predicted octanol–water partition coefficient (Wildman–Crippen LogP) is 2.20. The molecule has 1 aliphatic heterocycles. The zero-order valence-electron chi connectivity index (χ0n) is 16.5. The van der Waals surface area contributed by atoms with Gasteiger partial charge in [-0.3, -0.25) is 4.79 Å². The zero-order valence-corrected chi connectivity index (χ0v) is 18.2. The molecule has 1 unspecified atom stereocenters. The van der Waals surface area contributed by atoms with E-state index in [1.807, 2.05) is 36.6 Å². The average molecular weight is 431 g/mol. The number of thioether (sulfide) groups is 1. The molecule has 1 aromatic rings. The van der Waals surface area contributed by atoms with E-state index < -0.39 is 18.1 Å². The van der Waals surface area contributed by atoms with E-state index >= 15 is 0 Å². The first-order valence-corrected chi connectivity index (χ1v) is 10.8. The molecule has 3 atom stereocenters. The highest BCUT2D eigenvalue weighted by Gasteiger charge is 2.28. The van der Waals surface area contributed by atoms with Gasteiger partial charge in [0.05, 0.1) is 13.7 Å². The maximum Gasteiger partial charge on any atom is 0.328 e. The Hall–Kier alpha value is -1.28. The highest BCUT2D eigenvalue weighted by Crippen LogP contribution is 2.12. The van der Waals surface area contributed by atoms with E-state index in [2.05, 4.69) is 10.6 Å².